The van der Waals surface area contributed by atoms with Crippen LogP contribution < -0.4 is 5.32 Å². The number of amides is 1. The average molecular weight is 205 g/mol. The third-order valence-corrected chi connectivity index (χ3v) is 2.23. The van der Waals surface area contributed by atoms with E-state index in [0.717, 1.165) is 0 Å². The zero-order chi connectivity index (χ0) is 10.9. The minimum atomic E-state index is -1.38. The van der Waals surface area contributed by atoms with Crippen LogP contribution in [0.2, 0.25) is 0 Å². The molecule has 14 heavy (non-hydrogen) atoms. The quantitative estimate of drug-likeness (QED) is 0.395. The summed E-state index contributed by atoms with van der Waals surface area (Å²) in [6.45, 7) is 2.82. The van der Waals surface area contributed by atoms with Crippen molar-refractivity contribution in [2.24, 2.45) is 0 Å². The van der Waals surface area contributed by atoms with Gasteiger partial charge in [-0.05, 0) is 6.92 Å². The minimum absolute atomic E-state index is 0.380. The largest absolute Gasteiger partial charge is 0.388 e. The van der Waals surface area contributed by atoms with Gasteiger partial charge < -0.3 is 25.4 Å². The molecule has 0 spiro atoms. The van der Waals surface area contributed by atoms with Crippen LogP contribution in [0.1, 0.15) is 13.8 Å². The lowest BCUT2D eigenvalue weighted by Gasteiger charge is -2.39. The highest BCUT2D eigenvalue weighted by Crippen LogP contribution is 2.19. The third kappa shape index (κ3) is 2.21. The van der Waals surface area contributed by atoms with Crippen LogP contribution in [0.15, 0.2) is 0 Å². The highest BCUT2D eigenvalue weighted by Gasteiger charge is 2.42. The zero-order valence-electron chi connectivity index (χ0n) is 8.04. The molecular formula is C8H15NO5. The Morgan fingerprint density at radius 3 is 2.36 bits per heavy atom. The fourth-order valence-corrected chi connectivity index (χ4v) is 1.46. The molecule has 6 heteroatoms. The first-order valence-electron chi connectivity index (χ1n) is 4.40. The molecular weight excluding hydrogens is 190 g/mol. The van der Waals surface area contributed by atoms with Gasteiger partial charge in [-0.25, -0.2) is 0 Å². The molecule has 1 rings (SSSR count). The topological polar surface area (TPSA) is 99.0 Å². The lowest BCUT2D eigenvalue weighted by molar-refractivity contribution is -0.251. The molecule has 1 heterocycles. The first-order valence-corrected chi connectivity index (χ1v) is 4.40. The predicted octanol–water partition coefficient (Wildman–Crippen LogP) is -2.05. The smallest absolute Gasteiger partial charge is 0.217 e. The maximum atomic E-state index is 10.8. The first-order chi connectivity index (χ1) is 6.43. The molecule has 6 nitrogen and oxygen atoms in total. The average Bonchev–Trinajstić information content (AvgIpc) is 2.09. The van der Waals surface area contributed by atoms with E-state index in [1.807, 2.05) is 0 Å². The van der Waals surface area contributed by atoms with E-state index in [4.69, 9.17) is 4.74 Å². The van der Waals surface area contributed by atoms with Crippen LogP contribution in [0.4, 0.5) is 0 Å². The molecule has 0 unspecified atom stereocenters. The molecule has 0 saturated carbocycles. The summed E-state index contributed by atoms with van der Waals surface area (Å²) in [7, 11) is 0. The summed E-state index contributed by atoms with van der Waals surface area (Å²) in [5, 5.41) is 30.6. The van der Waals surface area contributed by atoms with Gasteiger partial charge >= 0.3 is 0 Å². The van der Waals surface area contributed by atoms with Gasteiger partial charge in [-0.3, -0.25) is 4.79 Å². The Labute approximate surface area is 81.5 Å². The van der Waals surface area contributed by atoms with Crippen molar-refractivity contribution in [3.63, 3.8) is 0 Å². The Hall–Kier alpha value is -0.690. The Morgan fingerprint density at radius 2 is 1.86 bits per heavy atom. The number of nitrogens with one attached hydrogen (secondary N) is 1. The van der Waals surface area contributed by atoms with E-state index in [1.54, 1.807) is 6.92 Å². The standard InChI is InChI=1S/C8H15NO5/c1-3-6(11)5(9-4(2)10)7(12)8(13)14-3/h3,5-8,11-13H,1-2H3,(H,9,10)/t3-,5+,6+,7-,8-/m0/s1. The fraction of sp³-hybridized carbons (Fsp3) is 0.875. The molecule has 1 aliphatic heterocycles. The summed E-state index contributed by atoms with van der Waals surface area (Å²) in [6, 6.07) is -0.897. The lowest BCUT2D eigenvalue weighted by atomic mass is 9.97. The van der Waals surface area contributed by atoms with Crippen molar-refractivity contribution in [3.05, 3.63) is 0 Å². The number of carbonyl (C=O) groups is 1. The molecule has 1 saturated heterocycles. The highest BCUT2D eigenvalue weighted by atomic mass is 16.6. The normalized spacial score (nSPS) is 43.4. The van der Waals surface area contributed by atoms with Crippen molar-refractivity contribution in [1.29, 1.82) is 0 Å². The summed E-state index contributed by atoms with van der Waals surface area (Å²) in [5.74, 6) is -0.380. The van der Waals surface area contributed by atoms with Gasteiger partial charge in [-0.1, -0.05) is 0 Å². The SMILES string of the molecule is CC(=O)N[C@@H]1[C@H](O)[C@H](C)O[C@H](O)[C@H]1O. The molecule has 82 valence electrons. The van der Waals surface area contributed by atoms with Crippen LogP contribution >= 0.6 is 0 Å². The molecule has 4 N–H and O–H groups in total. The van der Waals surface area contributed by atoms with Crippen LogP contribution in [0.3, 0.4) is 0 Å². The van der Waals surface area contributed by atoms with Gasteiger partial charge in [0.2, 0.25) is 5.91 Å². The Balaban J connectivity index is 2.71. The van der Waals surface area contributed by atoms with Crippen LogP contribution in [0.5, 0.6) is 0 Å². The first kappa shape index (κ1) is 11.4. The van der Waals surface area contributed by atoms with Gasteiger partial charge in [-0.2, -0.15) is 0 Å². The summed E-state index contributed by atoms with van der Waals surface area (Å²) in [4.78, 5) is 10.8. The van der Waals surface area contributed by atoms with Crippen LogP contribution in [0.25, 0.3) is 0 Å². The molecule has 1 amide bonds. The lowest BCUT2D eigenvalue weighted by Crippen LogP contribution is -2.62. The van der Waals surface area contributed by atoms with Gasteiger partial charge in [-0.15, -0.1) is 0 Å². The highest BCUT2D eigenvalue weighted by molar-refractivity contribution is 5.73. The summed E-state index contributed by atoms with van der Waals surface area (Å²) in [5.41, 5.74) is 0. The van der Waals surface area contributed by atoms with Crippen molar-refractivity contribution >= 4 is 5.91 Å². The molecule has 0 radical (unpaired) electrons. The van der Waals surface area contributed by atoms with E-state index in [9.17, 15) is 20.1 Å². The number of hydrogen-bond acceptors (Lipinski definition) is 5. The van der Waals surface area contributed by atoms with Gasteiger partial charge in [0.15, 0.2) is 6.29 Å². The Bertz CT molecular complexity index is 208. The number of ether oxygens (including phenoxy) is 1. The minimum Gasteiger partial charge on any atom is -0.388 e. The second-order valence-corrected chi connectivity index (χ2v) is 3.44. The number of hydrogen-bond donors (Lipinski definition) is 4. The van der Waals surface area contributed by atoms with E-state index in [-0.39, 0.29) is 5.91 Å². The van der Waals surface area contributed by atoms with Crippen molar-refractivity contribution in [1.82, 2.24) is 5.32 Å². The molecule has 0 aromatic carbocycles. The summed E-state index contributed by atoms with van der Waals surface area (Å²) in [6.07, 6.45) is -4.36. The maximum Gasteiger partial charge on any atom is 0.217 e. The fourth-order valence-electron chi connectivity index (χ4n) is 1.46. The number of aliphatic hydroxyl groups excluding tert-OH is 3. The molecule has 0 aliphatic carbocycles. The second kappa shape index (κ2) is 4.22. The molecule has 0 aromatic rings. The van der Waals surface area contributed by atoms with Crippen molar-refractivity contribution in [3.8, 4) is 0 Å². The zero-order valence-corrected chi connectivity index (χ0v) is 8.04. The Morgan fingerprint density at radius 1 is 1.29 bits per heavy atom. The Kier molecular flexibility index (Phi) is 3.43. The van der Waals surface area contributed by atoms with E-state index >= 15 is 0 Å². The van der Waals surface area contributed by atoms with E-state index in [1.165, 1.54) is 6.92 Å². The molecule has 0 aromatic heterocycles. The molecule has 1 aliphatic rings. The van der Waals surface area contributed by atoms with E-state index in [0.29, 0.717) is 0 Å². The summed E-state index contributed by atoms with van der Waals surface area (Å²) < 4.78 is 4.83. The summed E-state index contributed by atoms with van der Waals surface area (Å²) >= 11 is 0. The van der Waals surface area contributed by atoms with Crippen LogP contribution in [-0.4, -0.2) is 51.9 Å². The van der Waals surface area contributed by atoms with E-state index < -0.39 is 30.6 Å². The molecule has 1 fully saturated rings. The van der Waals surface area contributed by atoms with Crippen molar-refractivity contribution < 1.29 is 24.9 Å². The molecule has 0 bridgehead atoms. The predicted molar refractivity (Wildman–Crippen MR) is 46.2 cm³/mol. The molecule has 5 atom stereocenters. The number of carbonyl (C=O) groups excluding carboxylic acids is 1. The van der Waals surface area contributed by atoms with Crippen LogP contribution in [0, 0.1) is 0 Å². The van der Waals surface area contributed by atoms with Crippen LogP contribution in [-0.2, 0) is 9.53 Å². The van der Waals surface area contributed by atoms with Gasteiger partial charge in [0.1, 0.15) is 12.2 Å². The maximum absolute atomic E-state index is 10.8. The van der Waals surface area contributed by atoms with E-state index in [2.05, 4.69) is 5.32 Å². The van der Waals surface area contributed by atoms with Crippen molar-refractivity contribution in [2.75, 3.05) is 0 Å². The second-order valence-electron chi connectivity index (χ2n) is 3.44. The monoisotopic (exact) mass is 205 g/mol. The van der Waals surface area contributed by atoms with Gasteiger partial charge in [0.05, 0.1) is 12.1 Å². The number of aliphatic hydroxyl groups is 3. The number of rotatable bonds is 1. The van der Waals surface area contributed by atoms with Gasteiger partial charge in [0, 0.05) is 6.92 Å². The van der Waals surface area contributed by atoms with Gasteiger partial charge in [0.25, 0.3) is 0 Å². The third-order valence-electron chi connectivity index (χ3n) is 2.23. The van der Waals surface area contributed by atoms with Crippen molar-refractivity contribution in [2.45, 2.75) is 44.5 Å².